The maximum Gasteiger partial charge on any atom is 0.195 e. The molecule has 62 valence electrons. The first-order valence-corrected chi connectivity index (χ1v) is 4.80. The molecule has 0 amide bonds. The van der Waals surface area contributed by atoms with Crippen molar-refractivity contribution in [3.8, 4) is 0 Å². The Balaban J connectivity index is 2.49. The fourth-order valence-electron chi connectivity index (χ4n) is 0.888. The minimum atomic E-state index is -3.15. The van der Waals surface area contributed by atoms with E-state index in [1.807, 2.05) is 0 Å². The van der Waals surface area contributed by atoms with Crippen molar-refractivity contribution in [3.05, 3.63) is 29.3 Å². The zero-order valence-corrected chi connectivity index (χ0v) is 6.77. The van der Waals surface area contributed by atoms with Crippen LogP contribution in [-0.4, -0.2) is 23.4 Å². The van der Waals surface area contributed by atoms with Crippen LogP contribution in [0.3, 0.4) is 0 Å². The molecule has 12 heavy (non-hydrogen) atoms. The summed E-state index contributed by atoms with van der Waals surface area (Å²) in [4.78, 5) is 0. The summed E-state index contributed by atoms with van der Waals surface area (Å²) in [5.74, 6) is 0. The molecule has 0 unspecified atom stereocenters. The van der Waals surface area contributed by atoms with E-state index in [1.165, 1.54) is 17.0 Å². The zero-order chi connectivity index (χ0) is 8.60. The Morgan fingerprint density at radius 1 is 1.42 bits per heavy atom. The Morgan fingerprint density at radius 3 is 2.75 bits per heavy atom. The highest BCUT2D eigenvalue weighted by Crippen LogP contribution is 2.15. The molecule has 0 radical (unpaired) electrons. The van der Waals surface area contributed by atoms with Crippen LogP contribution < -0.4 is 0 Å². The summed E-state index contributed by atoms with van der Waals surface area (Å²) in [6.07, 6.45) is 4.54. The molecule has 0 aromatic carbocycles. The van der Waals surface area contributed by atoms with Gasteiger partial charge in [0.05, 0.1) is 23.5 Å². The first-order valence-electron chi connectivity index (χ1n) is 3.19. The molecule has 1 aromatic heterocycles. The van der Waals surface area contributed by atoms with Gasteiger partial charge in [-0.1, -0.05) is 5.21 Å². The van der Waals surface area contributed by atoms with Crippen LogP contribution in [0.2, 0.25) is 0 Å². The third-order valence-electron chi connectivity index (χ3n) is 1.40. The molecule has 0 spiro atoms. The number of allylic oxidation sites excluding steroid dienone is 2. The van der Waals surface area contributed by atoms with Crippen molar-refractivity contribution in [1.29, 1.82) is 0 Å². The number of nitrogens with zero attached hydrogens (tertiary/aromatic N) is 3. The van der Waals surface area contributed by atoms with Crippen LogP contribution in [0.1, 0.15) is 0 Å². The lowest BCUT2D eigenvalue weighted by atomic mass is 10.5. The predicted octanol–water partition coefficient (Wildman–Crippen LogP) is 0.0186. The average Bonchev–Trinajstić information content (AvgIpc) is 2.55. The Morgan fingerprint density at radius 2 is 2.25 bits per heavy atom. The molecule has 0 aliphatic carbocycles. The maximum atomic E-state index is 10.9. The molecule has 0 bridgehead atoms. The molecule has 1 aliphatic rings. The molecule has 0 N–H and O–H groups in total. The van der Waals surface area contributed by atoms with Gasteiger partial charge in [0.25, 0.3) is 0 Å². The van der Waals surface area contributed by atoms with Crippen LogP contribution in [-0.2, 0) is 9.84 Å². The van der Waals surface area contributed by atoms with Gasteiger partial charge >= 0.3 is 0 Å². The number of rotatable bonds is 1. The third kappa shape index (κ3) is 1.16. The van der Waals surface area contributed by atoms with Crippen LogP contribution in [0.4, 0.5) is 0 Å². The van der Waals surface area contributed by atoms with Crippen LogP contribution in [0.25, 0.3) is 5.70 Å². The summed E-state index contributed by atoms with van der Waals surface area (Å²) in [5, 5.41) is 9.47. The van der Waals surface area contributed by atoms with E-state index in [1.54, 1.807) is 6.20 Å². The van der Waals surface area contributed by atoms with E-state index in [0.717, 1.165) is 10.8 Å². The van der Waals surface area contributed by atoms with Crippen LogP contribution >= 0.6 is 0 Å². The molecular formula is C6H5N3O2S. The Bertz CT molecular complexity index is 441. The lowest BCUT2D eigenvalue weighted by Crippen LogP contribution is -1.94. The van der Waals surface area contributed by atoms with Gasteiger partial charge < -0.3 is 0 Å². The molecule has 0 atom stereocenters. The summed E-state index contributed by atoms with van der Waals surface area (Å²) >= 11 is 0. The second-order valence-electron chi connectivity index (χ2n) is 2.28. The van der Waals surface area contributed by atoms with E-state index >= 15 is 0 Å². The summed E-state index contributed by atoms with van der Waals surface area (Å²) < 4.78 is 23.2. The molecule has 1 aromatic rings. The SMILES string of the molecule is O=S1(=O)C=CC(n2ccnn2)=C1. The van der Waals surface area contributed by atoms with Crippen molar-refractivity contribution in [2.24, 2.45) is 0 Å². The normalized spacial score (nSPS) is 19.5. The molecule has 0 saturated heterocycles. The Kier molecular flexibility index (Phi) is 1.37. The van der Waals surface area contributed by atoms with Crippen molar-refractivity contribution >= 4 is 15.5 Å². The second-order valence-corrected chi connectivity index (χ2v) is 3.97. The van der Waals surface area contributed by atoms with E-state index in [9.17, 15) is 8.42 Å². The predicted molar refractivity (Wildman–Crippen MR) is 42.4 cm³/mol. The van der Waals surface area contributed by atoms with Gasteiger partial charge in [-0.15, -0.1) is 5.10 Å². The third-order valence-corrected chi connectivity index (χ3v) is 2.49. The van der Waals surface area contributed by atoms with Gasteiger partial charge in [-0.25, -0.2) is 13.1 Å². The summed E-state index contributed by atoms with van der Waals surface area (Å²) in [6, 6.07) is 0. The summed E-state index contributed by atoms with van der Waals surface area (Å²) in [7, 11) is -3.15. The fraction of sp³-hybridized carbons (Fsp3) is 0. The minimum Gasteiger partial charge on any atom is -0.220 e. The van der Waals surface area contributed by atoms with Gasteiger partial charge in [-0.05, 0) is 6.08 Å². The molecule has 2 rings (SSSR count). The molecule has 1 aliphatic heterocycles. The standard InChI is InChI=1S/C6H5N3O2S/c10-12(11)4-1-6(5-12)9-3-2-7-8-9/h1-5H. The van der Waals surface area contributed by atoms with E-state index in [4.69, 9.17) is 0 Å². The van der Waals surface area contributed by atoms with E-state index in [-0.39, 0.29) is 0 Å². The highest BCUT2D eigenvalue weighted by molar-refractivity contribution is 7.97. The molecule has 0 fully saturated rings. The van der Waals surface area contributed by atoms with Gasteiger partial charge in [0.15, 0.2) is 9.84 Å². The second kappa shape index (κ2) is 2.28. The van der Waals surface area contributed by atoms with Crippen LogP contribution in [0.15, 0.2) is 29.3 Å². The van der Waals surface area contributed by atoms with Gasteiger partial charge in [-0.3, -0.25) is 0 Å². The topological polar surface area (TPSA) is 64.8 Å². The van der Waals surface area contributed by atoms with Gasteiger partial charge in [0.1, 0.15) is 0 Å². The number of hydrogen-bond acceptors (Lipinski definition) is 4. The highest BCUT2D eigenvalue weighted by atomic mass is 32.2. The lowest BCUT2D eigenvalue weighted by molar-refractivity contribution is 0.613. The molecular weight excluding hydrogens is 178 g/mol. The van der Waals surface area contributed by atoms with Gasteiger partial charge in [0, 0.05) is 5.41 Å². The van der Waals surface area contributed by atoms with Crippen LogP contribution in [0.5, 0.6) is 0 Å². The van der Waals surface area contributed by atoms with Gasteiger partial charge in [0.2, 0.25) is 0 Å². The Labute approximate surface area is 68.9 Å². The number of aromatic nitrogens is 3. The van der Waals surface area contributed by atoms with E-state index in [2.05, 4.69) is 10.3 Å². The summed E-state index contributed by atoms with van der Waals surface area (Å²) in [6.45, 7) is 0. The van der Waals surface area contributed by atoms with E-state index < -0.39 is 9.84 Å². The van der Waals surface area contributed by atoms with Crippen LogP contribution in [0, 0.1) is 0 Å². The van der Waals surface area contributed by atoms with E-state index in [0.29, 0.717) is 5.70 Å². The molecule has 2 heterocycles. The maximum absolute atomic E-state index is 10.9. The van der Waals surface area contributed by atoms with Crippen molar-refractivity contribution in [1.82, 2.24) is 15.0 Å². The monoisotopic (exact) mass is 183 g/mol. The smallest absolute Gasteiger partial charge is 0.195 e. The minimum absolute atomic E-state index is 0.507. The van der Waals surface area contributed by atoms with Gasteiger partial charge in [-0.2, -0.15) is 0 Å². The molecule has 6 heteroatoms. The fourth-order valence-corrected chi connectivity index (χ4v) is 1.82. The van der Waals surface area contributed by atoms with Crippen molar-refractivity contribution in [2.75, 3.05) is 0 Å². The zero-order valence-electron chi connectivity index (χ0n) is 5.95. The quantitative estimate of drug-likeness (QED) is 0.615. The largest absolute Gasteiger partial charge is 0.220 e. The lowest BCUT2D eigenvalue weighted by Gasteiger charge is -1.92. The number of hydrogen-bond donors (Lipinski definition) is 0. The first kappa shape index (κ1) is 7.23. The summed E-state index contributed by atoms with van der Waals surface area (Å²) in [5.41, 5.74) is 0.507. The van der Waals surface area contributed by atoms with Crippen molar-refractivity contribution < 1.29 is 8.42 Å². The van der Waals surface area contributed by atoms with Crippen molar-refractivity contribution in [3.63, 3.8) is 0 Å². The molecule has 0 saturated carbocycles. The number of sulfone groups is 1. The Hall–Kier alpha value is -1.43. The van der Waals surface area contributed by atoms with Crippen molar-refractivity contribution in [2.45, 2.75) is 0 Å². The average molecular weight is 183 g/mol. The molecule has 5 nitrogen and oxygen atoms in total. The highest BCUT2D eigenvalue weighted by Gasteiger charge is 2.12. The first-order chi connectivity index (χ1) is 5.67.